The van der Waals surface area contributed by atoms with Crippen molar-refractivity contribution in [2.75, 3.05) is 12.0 Å². The average molecular weight is 508 g/mol. The van der Waals surface area contributed by atoms with Gasteiger partial charge in [-0.2, -0.15) is 0 Å². The van der Waals surface area contributed by atoms with Crippen LogP contribution >= 0.6 is 22.9 Å². The zero-order valence-corrected chi connectivity index (χ0v) is 20.8. The number of aliphatic hydroxyl groups is 1. The summed E-state index contributed by atoms with van der Waals surface area (Å²) in [6, 6.07) is 15.3. The molecule has 0 radical (unpaired) electrons. The first kappa shape index (κ1) is 23.2. The van der Waals surface area contributed by atoms with Crippen LogP contribution in [-0.4, -0.2) is 23.9 Å². The van der Waals surface area contributed by atoms with Gasteiger partial charge in [-0.1, -0.05) is 43.6 Å². The predicted octanol–water partition coefficient (Wildman–Crippen LogP) is 7.06. The Morgan fingerprint density at radius 2 is 1.91 bits per heavy atom. The van der Waals surface area contributed by atoms with Gasteiger partial charge in [-0.15, -0.1) is 11.3 Å². The molecule has 0 saturated heterocycles. The standard InChI is InChI=1S/C27H22ClNO5S/c1-14(2)15-6-8-18(9-7-15)29-23(21-5-4-10-35-21)22(25(31)27(29)32)24(30)19-12-16-11-17(28)13-20(33-3)26(16)34-19/h4-14,23,31H,1-3H3. The summed E-state index contributed by atoms with van der Waals surface area (Å²) >= 11 is 7.56. The molecule has 2 aromatic carbocycles. The van der Waals surface area contributed by atoms with Crippen molar-refractivity contribution in [3.8, 4) is 5.75 Å². The van der Waals surface area contributed by atoms with E-state index >= 15 is 0 Å². The fourth-order valence-corrected chi connectivity index (χ4v) is 5.36. The van der Waals surface area contributed by atoms with Crippen LogP contribution in [0.3, 0.4) is 0 Å². The molecule has 0 fully saturated rings. The molecule has 1 N–H and O–H groups in total. The van der Waals surface area contributed by atoms with E-state index in [1.54, 1.807) is 18.2 Å². The summed E-state index contributed by atoms with van der Waals surface area (Å²) in [5, 5.41) is 13.8. The van der Waals surface area contributed by atoms with Gasteiger partial charge in [-0.05, 0) is 47.2 Å². The molecule has 0 saturated carbocycles. The molecule has 3 heterocycles. The third-order valence-electron chi connectivity index (χ3n) is 6.09. The Morgan fingerprint density at radius 3 is 2.54 bits per heavy atom. The molecular formula is C27H22ClNO5S. The lowest BCUT2D eigenvalue weighted by Crippen LogP contribution is -2.30. The fraction of sp³-hybridized carbons (Fsp3) is 0.185. The lowest BCUT2D eigenvalue weighted by Gasteiger charge is -2.26. The number of furan rings is 1. The number of ether oxygens (including phenoxy) is 1. The van der Waals surface area contributed by atoms with Crippen molar-refractivity contribution in [2.45, 2.75) is 25.8 Å². The second-order valence-corrected chi connectivity index (χ2v) is 9.98. The Bertz CT molecular complexity index is 1470. The van der Waals surface area contributed by atoms with E-state index in [1.165, 1.54) is 23.3 Å². The molecule has 2 aromatic heterocycles. The van der Waals surface area contributed by atoms with E-state index in [0.29, 0.717) is 33.3 Å². The van der Waals surface area contributed by atoms with E-state index in [9.17, 15) is 14.7 Å². The minimum Gasteiger partial charge on any atom is -0.503 e. The van der Waals surface area contributed by atoms with Gasteiger partial charge in [0.05, 0.1) is 12.7 Å². The highest BCUT2D eigenvalue weighted by molar-refractivity contribution is 7.10. The largest absolute Gasteiger partial charge is 0.503 e. The molecule has 1 atom stereocenters. The number of rotatable bonds is 6. The van der Waals surface area contributed by atoms with Crippen LogP contribution in [0.2, 0.25) is 5.02 Å². The molecule has 4 aromatic rings. The average Bonchev–Trinajstić information content (AvgIpc) is 3.57. The molecule has 1 aliphatic rings. The van der Waals surface area contributed by atoms with Gasteiger partial charge in [0.1, 0.15) is 6.04 Å². The quantitative estimate of drug-likeness (QED) is 0.282. The molecule has 1 amide bonds. The van der Waals surface area contributed by atoms with Crippen LogP contribution in [0.5, 0.6) is 5.75 Å². The summed E-state index contributed by atoms with van der Waals surface area (Å²) in [5.41, 5.74) is 2.04. The molecule has 8 heteroatoms. The third-order valence-corrected chi connectivity index (χ3v) is 7.24. The predicted molar refractivity (Wildman–Crippen MR) is 137 cm³/mol. The number of aliphatic hydroxyl groups excluding tert-OH is 1. The second-order valence-electron chi connectivity index (χ2n) is 8.57. The molecule has 1 unspecified atom stereocenters. The number of Topliss-reactive ketones (excluding diaryl/α,β-unsaturated/α-hetero) is 1. The van der Waals surface area contributed by atoms with Gasteiger partial charge in [-0.3, -0.25) is 14.5 Å². The van der Waals surface area contributed by atoms with E-state index < -0.39 is 23.5 Å². The van der Waals surface area contributed by atoms with Gasteiger partial charge in [0.15, 0.2) is 22.9 Å². The lowest BCUT2D eigenvalue weighted by atomic mass is 9.99. The van der Waals surface area contributed by atoms with E-state index in [0.717, 1.165) is 10.4 Å². The Kier molecular flexibility index (Phi) is 5.91. The van der Waals surface area contributed by atoms with Crippen molar-refractivity contribution in [3.63, 3.8) is 0 Å². The van der Waals surface area contributed by atoms with E-state index in [4.69, 9.17) is 20.8 Å². The minimum absolute atomic E-state index is 0.0199. The number of halogens is 1. The number of benzene rings is 2. The number of methoxy groups -OCH3 is 1. The molecule has 6 nitrogen and oxygen atoms in total. The lowest BCUT2D eigenvalue weighted by molar-refractivity contribution is -0.117. The number of hydrogen-bond donors (Lipinski definition) is 1. The van der Waals surface area contributed by atoms with Gasteiger partial charge in [0.25, 0.3) is 5.91 Å². The van der Waals surface area contributed by atoms with Crippen LogP contribution in [0.25, 0.3) is 11.0 Å². The van der Waals surface area contributed by atoms with Gasteiger partial charge >= 0.3 is 0 Å². The van der Waals surface area contributed by atoms with Crippen LogP contribution in [0.1, 0.15) is 46.8 Å². The Morgan fingerprint density at radius 1 is 1.17 bits per heavy atom. The van der Waals surface area contributed by atoms with Crippen LogP contribution in [0.15, 0.2) is 75.7 Å². The first-order valence-corrected chi connectivity index (χ1v) is 12.3. The molecule has 0 bridgehead atoms. The Labute approximate surface area is 211 Å². The van der Waals surface area contributed by atoms with E-state index in [-0.39, 0.29) is 11.3 Å². The van der Waals surface area contributed by atoms with E-state index in [1.807, 2.05) is 41.8 Å². The van der Waals surface area contributed by atoms with Crippen molar-refractivity contribution in [1.82, 2.24) is 0 Å². The van der Waals surface area contributed by atoms with Crippen molar-refractivity contribution in [3.05, 3.63) is 92.5 Å². The van der Waals surface area contributed by atoms with Crippen LogP contribution in [-0.2, 0) is 4.79 Å². The molecule has 0 spiro atoms. The van der Waals surface area contributed by atoms with Crippen LogP contribution in [0, 0.1) is 0 Å². The Hall–Kier alpha value is -3.55. The first-order chi connectivity index (χ1) is 16.8. The molecular weight excluding hydrogens is 486 g/mol. The smallest absolute Gasteiger partial charge is 0.294 e. The third kappa shape index (κ3) is 3.90. The molecule has 0 aliphatic carbocycles. The zero-order valence-electron chi connectivity index (χ0n) is 19.2. The topological polar surface area (TPSA) is 80.0 Å². The van der Waals surface area contributed by atoms with Crippen LogP contribution in [0.4, 0.5) is 5.69 Å². The number of fused-ring (bicyclic) bond motifs is 1. The maximum atomic E-state index is 13.7. The number of thiophene rings is 1. The van der Waals surface area contributed by atoms with Gasteiger partial charge < -0.3 is 14.3 Å². The Balaban J connectivity index is 1.61. The number of amides is 1. The molecule has 1 aliphatic heterocycles. The molecule has 35 heavy (non-hydrogen) atoms. The summed E-state index contributed by atoms with van der Waals surface area (Å²) < 4.78 is 11.2. The fourth-order valence-electron chi connectivity index (χ4n) is 4.32. The van der Waals surface area contributed by atoms with Crippen molar-refractivity contribution >= 4 is 51.3 Å². The summed E-state index contributed by atoms with van der Waals surface area (Å²) in [7, 11) is 1.48. The normalized spacial score (nSPS) is 16.1. The highest BCUT2D eigenvalue weighted by Gasteiger charge is 2.46. The molecule has 5 rings (SSSR count). The van der Waals surface area contributed by atoms with Gasteiger partial charge in [0, 0.05) is 27.0 Å². The maximum Gasteiger partial charge on any atom is 0.294 e. The van der Waals surface area contributed by atoms with Gasteiger partial charge in [-0.25, -0.2) is 0 Å². The van der Waals surface area contributed by atoms with Crippen molar-refractivity contribution < 1.29 is 23.8 Å². The number of anilines is 1. The summed E-state index contributed by atoms with van der Waals surface area (Å²) in [6.45, 7) is 4.17. The van der Waals surface area contributed by atoms with Crippen molar-refractivity contribution in [2.24, 2.45) is 0 Å². The maximum absolute atomic E-state index is 13.7. The van der Waals surface area contributed by atoms with Crippen LogP contribution < -0.4 is 9.64 Å². The summed E-state index contributed by atoms with van der Waals surface area (Å²) in [5.74, 6) is -1.12. The zero-order chi connectivity index (χ0) is 24.9. The highest BCUT2D eigenvalue weighted by atomic mass is 35.5. The summed E-state index contributed by atoms with van der Waals surface area (Å²) in [4.78, 5) is 29.2. The first-order valence-electron chi connectivity index (χ1n) is 11.0. The monoisotopic (exact) mass is 507 g/mol. The summed E-state index contributed by atoms with van der Waals surface area (Å²) in [6.07, 6.45) is 0. The van der Waals surface area contributed by atoms with Crippen molar-refractivity contribution in [1.29, 1.82) is 0 Å². The SMILES string of the molecule is COc1cc(Cl)cc2cc(C(=O)C3=C(O)C(=O)N(c4ccc(C(C)C)cc4)C3c3cccs3)oc12. The number of hydrogen-bond acceptors (Lipinski definition) is 6. The minimum atomic E-state index is -0.793. The number of carbonyl (C=O) groups excluding carboxylic acids is 2. The highest BCUT2D eigenvalue weighted by Crippen LogP contribution is 2.44. The number of carbonyl (C=O) groups is 2. The number of nitrogens with zero attached hydrogens (tertiary/aromatic N) is 1. The van der Waals surface area contributed by atoms with Gasteiger partial charge in [0.2, 0.25) is 5.78 Å². The second kappa shape index (κ2) is 8.91. The van der Waals surface area contributed by atoms with E-state index in [2.05, 4.69) is 13.8 Å². The number of ketones is 1. The molecule has 178 valence electrons.